The highest BCUT2D eigenvalue weighted by Crippen LogP contribution is 2.36. The Morgan fingerprint density at radius 2 is 2.04 bits per heavy atom. The van der Waals surface area contributed by atoms with E-state index in [2.05, 4.69) is 17.2 Å². The molecule has 0 radical (unpaired) electrons. The number of nitro groups is 1. The summed E-state index contributed by atoms with van der Waals surface area (Å²) < 4.78 is 0. The van der Waals surface area contributed by atoms with E-state index in [1.165, 1.54) is 41.8 Å². The summed E-state index contributed by atoms with van der Waals surface area (Å²) >= 11 is 0. The highest BCUT2D eigenvalue weighted by Gasteiger charge is 2.27. The first-order valence-electron chi connectivity index (χ1n) is 8.07. The Morgan fingerprint density at radius 1 is 1.25 bits per heavy atom. The van der Waals surface area contributed by atoms with Gasteiger partial charge >= 0.3 is 0 Å². The molecular formula is C18H17N3O3. The van der Waals surface area contributed by atoms with Crippen molar-refractivity contribution in [2.75, 3.05) is 5.32 Å². The molecule has 1 amide bonds. The monoisotopic (exact) mass is 323 g/mol. The van der Waals surface area contributed by atoms with Crippen molar-refractivity contribution in [3.8, 4) is 0 Å². The topological polar surface area (TPSA) is 88.0 Å². The number of non-ortho nitro benzene ring substituents is 1. The number of hydrogen-bond acceptors (Lipinski definition) is 3. The van der Waals surface area contributed by atoms with Crippen LogP contribution in [0.2, 0.25) is 0 Å². The molecule has 1 aliphatic heterocycles. The molecule has 0 spiro atoms. The first-order chi connectivity index (χ1) is 11.5. The van der Waals surface area contributed by atoms with Crippen LogP contribution in [0.25, 0.3) is 11.6 Å². The lowest BCUT2D eigenvalue weighted by atomic mass is 9.95. The van der Waals surface area contributed by atoms with Gasteiger partial charge in [-0.1, -0.05) is 0 Å². The predicted octanol–water partition coefficient (Wildman–Crippen LogP) is 3.60. The van der Waals surface area contributed by atoms with Gasteiger partial charge in [-0.3, -0.25) is 14.9 Å². The second kappa shape index (κ2) is 5.33. The number of rotatable bonds is 2. The number of aromatic nitrogens is 1. The van der Waals surface area contributed by atoms with E-state index < -0.39 is 4.92 Å². The number of H-pyrrole nitrogens is 1. The molecule has 4 rings (SSSR count). The summed E-state index contributed by atoms with van der Waals surface area (Å²) in [5.74, 6) is -0.225. The third-order valence-electron chi connectivity index (χ3n) is 4.90. The molecule has 0 atom stereocenters. The minimum Gasteiger partial charge on any atom is -0.358 e. The van der Waals surface area contributed by atoms with E-state index in [-0.39, 0.29) is 11.6 Å². The zero-order chi connectivity index (χ0) is 16.8. The van der Waals surface area contributed by atoms with Crippen molar-refractivity contribution in [3.63, 3.8) is 0 Å². The fraction of sp³-hybridized carbons (Fsp3) is 0.278. The number of amides is 1. The molecule has 2 heterocycles. The standard InChI is InChI=1S/C18H17N3O3/c1-10-12-4-2-3-5-15(12)19-17(10)9-14-13-8-11(21(23)24)6-7-16(13)20-18(14)22/h6-9,19H,2-5H2,1H3,(H,20,22). The highest BCUT2D eigenvalue weighted by molar-refractivity contribution is 6.35. The van der Waals surface area contributed by atoms with E-state index in [9.17, 15) is 14.9 Å². The van der Waals surface area contributed by atoms with Gasteiger partial charge in [0.15, 0.2) is 0 Å². The van der Waals surface area contributed by atoms with Crippen LogP contribution < -0.4 is 5.32 Å². The number of nitrogens with zero attached hydrogens (tertiary/aromatic N) is 1. The number of hydrogen-bond donors (Lipinski definition) is 2. The van der Waals surface area contributed by atoms with Crippen LogP contribution in [0.4, 0.5) is 11.4 Å². The molecule has 0 saturated carbocycles. The molecule has 0 bridgehead atoms. The van der Waals surface area contributed by atoms with Gasteiger partial charge in [-0.2, -0.15) is 0 Å². The number of anilines is 1. The molecule has 24 heavy (non-hydrogen) atoms. The Bertz CT molecular complexity index is 908. The average Bonchev–Trinajstić information content (AvgIpc) is 3.05. The molecular weight excluding hydrogens is 306 g/mol. The van der Waals surface area contributed by atoms with Gasteiger partial charge < -0.3 is 10.3 Å². The van der Waals surface area contributed by atoms with E-state index in [1.807, 2.05) is 6.08 Å². The number of nitrogens with one attached hydrogen (secondary N) is 2. The number of fused-ring (bicyclic) bond motifs is 2. The van der Waals surface area contributed by atoms with Gasteiger partial charge in [-0.15, -0.1) is 0 Å². The summed E-state index contributed by atoms with van der Waals surface area (Å²) in [6, 6.07) is 4.44. The summed E-state index contributed by atoms with van der Waals surface area (Å²) in [6.45, 7) is 2.06. The summed E-state index contributed by atoms with van der Waals surface area (Å²) in [5.41, 5.74) is 6.35. The van der Waals surface area contributed by atoms with Crippen LogP contribution in [-0.2, 0) is 17.6 Å². The molecule has 2 aliphatic rings. The summed E-state index contributed by atoms with van der Waals surface area (Å²) in [4.78, 5) is 26.3. The maximum Gasteiger partial charge on any atom is 0.270 e. The van der Waals surface area contributed by atoms with Gasteiger partial charge in [0, 0.05) is 34.8 Å². The molecule has 6 nitrogen and oxygen atoms in total. The van der Waals surface area contributed by atoms with E-state index in [4.69, 9.17) is 0 Å². The molecule has 1 aliphatic carbocycles. The first-order valence-corrected chi connectivity index (χ1v) is 8.07. The number of aromatic amines is 1. The zero-order valence-electron chi connectivity index (χ0n) is 13.3. The zero-order valence-corrected chi connectivity index (χ0v) is 13.3. The van der Waals surface area contributed by atoms with Crippen LogP contribution in [0.3, 0.4) is 0 Å². The first kappa shape index (κ1) is 14.7. The van der Waals surface area contributed by atoms with Gasteiger partial charge in [-0.25, -0.2) is 0 Å². The minimum atomic E-state index is -0.445. The van der Waals surface area contributed by atoms with Gasteiger partial charge in [0.05, 0.1) is 10.5 Å². The second-order valence-electron chi connectivity index (χ2n) is 6.33. The minimum absolute atomic E-state index is 0.0151. The van der Waals surface area contributed by atoms with Crippen LogP contribution in [0.1, 0.15) is 40.9 Å². The lowest BCUT2D eigenvalue weighted by Crippen LogP contribution is -2.03. The Morgan fingerprint density at radius 3 is 2.79 bits per heavy atom. The van der Waals surface area contributed by atoms with Crippen molar-refractivity contribution < 1.29 is 9.72 Å². The predicted molar refractivity (Wildman–Crippen MR) is 91.8 cm³/mol. The summed E-state index contributed by atoms with van der Waals surface area (Å²) in [5, 5.41) is 13.8. The van der Waals surface area contributed by atoms with Gasteiger partial charge in [0.1, 0.15) is 0 Å². The van der Waals surface area contributed by atoms with Crippen molar-refractivity contribution >= 4 is 28.9 Å². The molecule has 6 heteroatoms. The van der Waals surface area contributed by atoms with Crippen LogP contribution >= 0.6 is 0 Å². The van der Waals surface area contributed by atoms with Crippen molar-refractivity contribution in [2.45, 2.75) is 32.6 Å². The fourth-order valence-corrected chi connectivity index (χ4v) is 3.60. The number of nitro benzene ring substituents is 1. The fourth-order valence-electron chi connectivity index (χ4n) is 3.60. The Kier molecular flexibility index (Phi) is 3.26. The summed E-state index contributed by atoms with van der Waals surface area (Å²) in [6.07, 6.45) is 6.29. The summed E-state index contributed by atoms with van der Waals surface area (Å²) in [7, 11) is 0. The van der Waals surface area contributed by atoms with E-state index in [0.29, 0.717) is 16.8 Å². The number of carbonyl (C=O) groups is 1. The van der Waals surface area contributed by atoms with Crippen molar-refractivity contribution in [2.24, 2.45) is 0 Å². The Hall–Kier alpha value is -2.89. The van der Waals surface area contributed by atoms with Crippen LogP contribution in [-0.4, -0.2) is 15.8 Å². The molecule has 1 aromatic carbocycles. The normalized spacial score (nSPS) is 17.5. The lowest BCUT2D eigenvalue weighted by Gasteiger charge is -2.10. The molecule has 0 unspecified atom stereocenters. The maximum atomic E-state index is 12.3. The molecule has 122 valence electrons. The highest BCUT2D eigenvalue weighted by atomic mass is 16.6. The van der Waals surface area contributed by atoms with E-state index in [1.54, 1.807) is 6.07 Å². The maximum absolute atomic E-state index is 12.3. The van der Waals surface area contributed by atoms with E-state index in [0.717, 1.165) is 18.5 Å². The molecule has 0 saturated heterocycles. The second-order valence-corrected chi connectivity index (χ2v) is 6.33. The molecule has 1 aromatic heterocycles. The van der Waals surface area contributed by atoms with Crippen molar-refractivity contribution in [1.82, 2.24) is 4.98 Å². The van der Waals surface area contributed by atoms with Crippen LogP contribution in [0, 0.1) is 17.0 Å². The number of carbonyl (C=O) groups excluding carboxylic acids is 1. The van der Waals surface area contributed by atoms with E-state index >= 15 is 0 Å². The lowest BCUT2D eigenvalue weighted by molar-refractivity contribution is -0.384. The largest absolute Gasteiger partial charge is 0.358 e. The molecule has 0 fully saturated rings. The molecule has 2 aromatic rings. The quantitative estimate of drug-likeness (QED) is 0.503. The van der Waals surface area contributed by atoms with Crippen molar-refractivity contribution in [1.29, 1.82) is 0 Å². The third kappa shape index (κ3) is 2.22. The SMILES string of the molecule is Cc1c(C=C2C(=O)Nc3ccc([N+](=O)[O-])cc32)[nH]c2c1CCCC2. The smallest absolute Gasteiger partial charge is 0.270 e. The van der Waals surface area contributed by atoms with Gasteiger partial charge in [0.2, 0.25) is 0 Å². The Balaban J connectivity index is 1.82. The van der Waals surface area contributed by atoms with Gasteiger partial charge in [0.25, 0.3) is 11.6 Å². The Labute approximate surface area is 138 Å². The average molecular weight is 323 g/mol. The van der Waals surface area contributed by atoms with Gasteiger partial charge in [-0.05, 0) is 55.9 Å². The molecule has 2 N–H and O–H groups in total. The van der Waals surface area contributed by atoms with Crippen LogP contribution in [0.5, 0.6) is 0 Å². The number of aryl methyl sites for hydroxylation is 1. The third-order valence-corrected chi connectivity index (χ3v) is 4.90. The van der Waals surface area contributed by atoms with Crippen LogP contribution in [0.15, 0.2) is 18.2 Å². The van der Waals surface area contributed by atoms with Crippen molar-refractivity contribution in [3.05, 3.63) is 56.4 Å². The number of benzene rings is 1.